The van der Waals surface area contributed by atoms with E-state index in [1.165, 1.54) is 11.3 Å². The van der Waals surface area contributed by atoms with E-state index in [1.54, 1.807) is 29.0 Å². The first kappa shape index (κ1) is 17.3. The maximum absolute atomic E-state index is 12.7. The average molecular weight is 342 g/mol. The zero-order valence-corrected chi connectivity index (χ0v) is 13.6. The summed E-state index contributed by atoms with van der Waals surface area (Å²) in [6.45, 7) is 2.43. The lowest BCUT2D eigenvalue weighted by Crippen LogP contribution is -2.40. The van der Waals surface area contributed by atoms with Gasteiger partial charge in [0.15, 0.2) is 0 Å². The van der Waals surface area contributed by atoms with Crippen LogP contribution in [-0.2, 0) is 6.54 Å². The molecule has 2 rings (SSSR count). The Balaban J connectivity index is 2.13. The average Bonchev–Trinajstić information content (AvgIpc) is 2.93. The maximum atomic E-state index is 12.7. The summed E-state index contributed by atoms with van der Waals surface area (Å²) in [6.07, 6.45) is -4.45. The number of thiophene rings is 1. The number of urea groups is 1. The summed E-state index contributed by atoms with van der Waals surface area (Å²) in [6, 6.07) is 6.17. The second-order valence-corrected chi connectivity index (χ2v) is 6.11. The van der Waals surface area contributed by atoms with Crippen molar-refractivity contribution in [2.24, 2.45) is 0 Å². The molecule has 2 aromatic rings. The molecule has 0 aliphatic rings. The number of nitrogens with one attached hydrogen (secondary N) is 1. The molecule has 7 heteroatoms. The third-order valence-corrected chi connectivity index (χ3v) is 4.10. The minimum absolute atomic E-state index is 0.0836. The van der Waals surface area contributed by atoms with E-state index < -0.39 is 18.8 Å². The highest BCUT2D eigenvalue weighted by molar-refractivity contribution is 7.07. The number of benzene rings is 1. The Bertz CT molecular complexity index is 668. The van der Waals surface area contributed by atoms with E-state index >= 15 is 0 Å². The molecule has 0 atom stereocenters. The molecule has 1 aromatic heterocycles. The van der Waals surface area contributed by atoms with Crippen LogP contribution in [0.4, 0.5) is 23.7 Å². The van der Waals surface area contributed by atoms with Gasteiger partial charge in [0.25, 0.3) is 0 Å². The van der Waals surface area contributed by atoms with E-state index in [1.807, 2.05) is 19.9 Å². The minimum atomic E-state index is -4.45. The molecule has 23 heavy (non-hydrogen) atoms. The van der Waals surface area contributed by atoms with Gasteiger partial charge in [-0.3, -0.25) is 0 Å². The van der Waals surface area contributed by atoms with Gasteiger partial charge in [0, 0.05) is 12.2 Å². The molecule has 124 valence electrons. The van der Waals surface area contributed by atoms with E-state index in [-0.39, 0.29) is 6.54 Å². The molecule has 0 aliphatic heterocycles. The number of hydrogen-bond donors (Lipinski definition) is 1. The summed E-state index contributed by atoms with van der Waals surface area (Å²) < 4.78 is 38.2. The number of halogens is 3. The van der Waals surface area contributed by atoms with Crippen LogP contribution in [0, 0.1) is 13.8 Å². The van der Waals surface area contributed by atoms with Gasteiger partial charge in [-0.05, 0) is 59.5 Å². The standard InChI is InChI=1S/C16H17F3N2OS/c1-11-3-4-14(7-12(11)2)20-15(22)21(10-16(17,18)19)8-13-5-6-23-9-13/h3-7,9H,8,10H2,1-2H3,(H,20,22). The number of nitrogens with zero attached hydrogens (tertiary/aromatic N) is 1. The van der Waals surface area contributed by atoms with Crippen LogP contribution in [0.2, 0.25) is 0 Å². The Kier molecular flexibility index (Phi) is 5.30. The van der Waals surface area contributed by atoms with Gasteiger partial charge in [-0.25, -0.2) is 4.79 Å². The molecule has 0 unspecified atom stereocenters. The van der Waals surface area contributed by atoms with Crippen molar-refractivity contribution in [2.45, 2.75) is 26.6 Å². The first-order valence-electron chi connectivity index (χ1n) is 6.95. The van der Waals surface area contributed by atoms with Crippen LogP contribution in [0.25, 0.3) is 0 Å². The lowest BCUT2D eigenvalue weighted by molar-refractivity contribution is -0.140. The van der Waals surface area contributed by atoms with E-state index in [0.717, 1.165) is 16.0 Å². The highest BCUT2D eigenvalue weighted by atomic mass is 32.1. The summed E-state index contributed by atoms with van der Waals surface area (Å²) >= 11 is 1.38. The molecular formula is C16H17F3N2OS. The molecular weight excluding hydrogens is 325 g/mol. The molecule has 0 bridgehead atoms. The zero-order chi connectivity index (χ0) is 17.0. The van der Waals surface area contributed by atoms with Crippen LogP contribution < -0.4 is 5.32 Å². The predicted molar refractivity (Wildman–Crippen MR) is 85.7 cm³/mol. The van der Waals surface area contributed by atoms with Gasteiger partial charge < -0.3 is 10.2 Å². The molecule has 2 amide bonds. The number of rotatable bonds is 4. The normalized spacial score (nSPS) is 11.3. The fraction of sp³-hybridized carbons (Fsp3) is 0.312. The summed E-state index contributed by atoms with van der Waals surface area (Å²) in [7, 11) is 0. The molecule has 0 spiro atoms. The number of anilines is 1. The molecule has 1 aromatic carbocycles. The number of carbonyl (C=O) groups excluding carboxylic acids is 1. The number of amides is 2. The Morgan fingerprint density at radius 2 is 1.96 bits per heavy atom. The summed E-state index contributed by atoms with van der Waals surface area (Å²) in [5.74, 6) is 0. The summed E-state index contributed by atoms with van der Waals surface area (Å²) in [5, 5.41) is 6.03. The molecule has 1 N–H and O–H groups in total. The van der Waals surface area contributed by atoms with Crippen molar-refractivity contribution < 1.29 is 18.0 Å². The number of aryl methyl sites for hydroxylation is 2. The van der Waals surface area contributed by atoms with Crippen molar-refractivity contribution in [3.8, 4) is 0 Å². The van der Waals surface area contributed by atoms with Gasteiger partial charge in [0.2, 0.25) is 0 Å². The summed E-state index contributed by atoms with van der Waals surface area (Å²) in [4.78, 5) is 13.0. The second-order valence-electron chi connectivity index (χ2n) is 5.33. The monoisotopic (exact) mass is 342 g/mol. The summed E-state index contributed by atoms with van der Waals surface area (Å²) in [5.41, 5.74) is 3.17. The largest absolute Gasteiger partial charge is 0.406 e. The molecule has 0 fully saturated rings. The fourth-order valence-electron chi connectivity index (χ4n) is 2.04. The van der Waals surface area contributed by atoms with Crippen molar-refractivity contribution in [3.63, 3.8) is 0 Å². The van der Waals surface area contributed by atoms with Crippen molar-refractivity contribution in [1.29, 1.82) is 0 Å². The maximum Gasteiger partial charge on any atom is 0.406 e. The lowest BCUT2D eigenvalue weighted by atomic mass is 10.1. The van der Waals surface area contributed by atoms with Gasteiger partial charge in [-0.1, -0.05) is 6.07 Å². The smallest absolute Gasteiger partial charge is 0.311 e. The fourth-order valence-corrected chi connectivity index (χ4v) is 2.70. The van der Waals surface area contributed by atoms with Gasteiger partial charge in [0.1, 0.15) is 6.54 Å². The Morgan fingerprint density at radius 3 is 2.52 bits per heavy atom. The Hall–Kier alpha value is -2.02. The van der Waals surface area contributed by atoms with Crippen LogP contribution in [-0.4, -0.2) is 23.7 Å². The van der Waals surface area contributed by atoms with Crippen LogP contribution >= 0.6 is 11.3 Å². The van der Waals surface area contributed by atoms with Gasteiger partial charge in [-0.15, -0.1) is 0 Å². The topological polar surface area (TPSA) is 32.3 Å². The van der Waals surface area contributed by atoms with Crippen molar-refractivity contribution in [2.75, 3.05) is 11.9 Å². The van der Waals surface area contributed by atoms with Crippen molar-refractivity contribution in [1.82, 2.24) is 4.90 Å². The zero-order valence-electron chi connectivity index (χ0n) is 12.8. The molecule has 0 saturated heterocycles. The van der Waals surface area contributed by atoms with E-state index in [2.05, 4.69) is 5.32 Å². The van der Waals surface area contributed by atoms with Crippen LogP contribution in [0.15, 0.2) is 35.0 Å². The van der Waals surface area contributed by atoms with Crippen LogP contribution in [0.5, 0.6) is 0 Å². The highest BCUT2D eigenvalue weighted by Crippen LogP contribution is 2.21. The first-order chi connectivity index (χ1) is 10.7. The molecule has 0 saturated carbocycles. The molecule has 0 aliphatic carbocycles. The van der Waals surface area contributed by atoms with Crippen LogP contribution in [0.3, 0.4) is 0 Å². The lowest BCUT2D eigenvalue weighted by Gasteiger charge is -2.24. The second kappa shape index (κ2) is 7.04. The molecule has 0 radical (unpaired) electrons. The van der Waals surface area contributed by atoms with Gasteiger partial charge >= 0.3 is 12.2 Å². The van der Waals surface area contributed by atoms with E-state index in [4.69, 9.17) is 0 Å². The quantitative estimate of drug-likeness (QED) is 0.837. The van der Waals surface area contributed by atoms with Crippen LogP contribution in [0.1, 0.15) is 16.7 Å². The number of alkyl halides is 3. The third kappa shape index (κ3) is 5.28. The van der Waals surface area contributed by atoms with Crippen molar-refractivity contribution >= 4 is 23.1 Å². The minimum Gasteiger partial charge on any atom is -0.311 e. The number of hydrogen-bond acceptors (Lipinski definition) is 2. The third-order valence-electron chi connectivity index (χ3n) is 3.37. The predicted octanol–water partition coefficient (Wildman–Crippen LogP) is 4.96. The highest BCUT2D eigenvalue weighted by Gasteiger charge is 2.33. The molecule has 1 heterocycles. The molecule has 3 nitrogen and oxygen atoms in total. The van der Waals surface area contributed by atoms with E-state index in [0.29, 0.717) is 11.3 Å². The Labute approximate surface area is 136 Å². The SMILES string of the molecule is Cc1ccc(NC(=O)N(Cc2ccsc2)CC(F)(F)F)cc1C. The van der Waals surface area contributed by atoms with Crippen molar-refractivity contribution in [3.05, 3.63) is 51.7 Å². The van der Waals surface area contributed by atoms with E-state index in [9.17, 15) is 18.0 Å². The Morgan fingerprint density at radius 1 is 1.22 bits per heavy atom. The van der Waals surface area contributed by atoms with Gasteiger partial charge in [0.05, 0.1) is 0 Å². The first-order valence-corrected chi connectivity index (χ1v) is 7.90. The number of carbonyl (C=O) groups is 1. The van der Waals surface area contributed by atoms with Gasteiger partial charge in [-0.2, -0.15) is 24.5 Å².